The van der Waals surface area contributed by atoms with Gasteiger partial charge in [-0.2, -0.15) is 0 Å². The van der Waals surface area contributed by atoms with Crippen molar-refractivity contribution in [2.75, 3.05) is 6.61 Å². The summed E-state index contributed by atoms with van der Waals surface area (Å²) in [5.74, 6) is 0.910. The van der Waals surface area contributed by atoms with Crippen LogP contribution >= 0.6 is 0 Å². The normalized spacial score (nSPS) is 12.1. The van der Waals surface area contributed by atoms with Crippen LogP contribution in [0.2, 0.25) is 0 Å². The van der Waals surface area contributed by atoms with E-state index in [4.69, 9.17) is 10.5 Å². The van der Waals surface area contributed by atoms with Gasteiger partial charge in [0.05, 0.1) is 6.61 Å². The molecule has 0 aliphatic carbocycles. The fourth-order valence-electron chi connectivity index (χ4n) is 2.11. The Morgan fingerprint density at radius 1 is 1.00 bits per heavy atom. The molecule has 100 valence electrons. The predicted molar refractivity (Wildman–Crippen MR) is 79.3 cm³/mol. The fraction of sp³-hybridized carbons (Fsp3) is 0.294. The molecule has 2 aromatic rings. The quantitative estimate of drug-likeness (QED) is 0.854. The van der Waals surface area contributed by atoms with E-state index in [0.717, 1.165) is 30.8 Å². The molecule has 0 radical (unpaired) electrons. The zero-order valence-corrected chi connectivity index (χ0v) is 11.4. The summed E-state index contributed by atoms with van der Waals surface area (Å²) in [4.78, 5) is 0. The van der Waals surface area contributed by atoms with Gasteiger partial charge < -0.3 is 10.5 Å². The van der Waals surface area contributed by atoms with E-state index in [9.17, 15) is 0 Å². The third kappa shape index (κ3) is 3.83. The van der Waals surface area contributed by atoms with Crippen LogP contribution in [-0.4, -0.2) is 6.61 Å². The second-order valence-electron chi connectivity index (χ2n) is 4.68. The Labute approximate surface area is 115 Å². The van der Waals surface area contributed by atoms with Crippen LogP contribution in [0.3, 0.4) is 0 Å². The van der Waals surface area contributed by atoms with Gasteiger partial charge in [0.25, 0.3) is 0 Å². The fourth-order valence-corrected chi connectivity index (χ4v) is 2.11. The van der Waals surface area contributed by atoms with Gasteiger partial charge in [0.1, 0.15) is 5.75 Å². The molecule has 2 N–H and O–H groups in total. The molecular formula is C17H21NO. The average Bonchev–Trinajstić information content (AvgIpc) is 2.46. The van der Waals surface area contributed by atoms with Gasteiger partial charge in [0, 0.05) is 11.6 Å². The Bertz CT molecular complexity index is 496. The molecule has 0 fully saturated rings. The zero-order chi connectivity index (χ0) is 13.5. The summed E-state index contributed by atoms with van der Waals surface area (Å²) in [5.41, 5.74) is 8.65. The molecule has 0 bridgehead atoms. The van der Waals surface area contributed by atoms with Gasteiger partial charge in [0.15, 0.2) is 0 Å². The lowest BCUT2D eigenvalue weighted by Crippen LogP contribution is -2.15. The van der Waals surface area contributed by atoms with E-state index >= 15 is 0 Å². The monoisotopic (exact) mass is 255 g/mol. The lowest BCUT2D eigenvalue weighted by molar-refractivity contribution is 0.312. The predicted octanol–water partition coefficient (Wildman–Crippen LogP) is 3.72. The number of hydrogen-bond donors (Lipinski definition) is 1. The minimum Gasteiger partial charge on any atom is -0.493 e. The lowest BCUT2D eigenvalue weighted by atomic mass is 9.99. The number of benzene rings is 2. The first-order chi connectivity index (χ1) is 9.31. The minimum absolute atomic E-state index is 0.0320. The van der Waals surface area contributed by atoms with E-state index in [1.807, 2.05) is 36.4 Å². The van der Waals surface area contributed by atoms with E-state index in [0.29, 0.717) is 0 Å². The minimum atomic E-state index is -0.0320. The average molecular weight is 255 g/mol. The smallest absolute Gasteiger partial charge is 0.124 e. The molecule has 0 aliphatic rings. The van der Waals surface area contributed by atoms with Crippen LogP contribution in [0, 0.1) is 0 Å². The van der Waals surface area contributed by atoms with Crippen molar-refractivity contribution in [3.63, 3.8) is 0 Å². The van der Waals surface area contributed by atoms with Gasteiger partial charge in [-0.3, -0.25) is 0 Å². The standard InChI is InChI=1S/C17H21NO/c1-2-12-19-17-11-7-6-10-15(17)16(18)13-14-8-4-3-5-9-14/h3-11,16H,2,12-13,18H2,1H3. The lowest BCUT2D eigenvalue weighted by Gasteiger charge is -2.17. The molecule has 0 heterocycles. The van der Waals surface area contributed by atoms with E-state index in [1.165, 1.54) is 5.56 Å². The van der Waals surface area contributed by atoms with Crippen LogP contribution in [-0.2, 0) is 6.42 Å². The highest BCUT2D eigenvalue weighted by atomic mass is 16.5. The summed E-state index contributed by atoms with van der Waals surface area (Å²) in [5, 5.41) is 0. The number of rotatable bonds is 6. The van der Waals surface area contributed by atoms with E-state index in [2.05, 4.69) is 25.1 Å². The van der Waals surface area contributed by atoms with Gasteiger partial charge in [0.2, 0.25) is 0 Å². The van der Waals surface area contributed by atoms with Crippen LogP contribution in [0.5, 0.6) is 5.75 Å². The molecule has 1 unspecified atom stereocenters. The van der Waals surface area contributed by atoms with Gasteiger partial charge >= 0.3 is 0 Å². The summed E-state index contributed by atoms with van der Waals surface area (Å²) in [6.45, 7) is 2.83. The van der Waals surface area contributed by atoms with Crippen molar-refractivity contribution in [3.8, 4) is 5.75 Å². The number of hydrogen-bond acceptors (Lipinski definition) is 2. The van der Waals surface area contributed by atoms with Crippen molar-refractivity contribution < 1.29 is 4.74 Å². The highest BCUT2D eigenvalue weighted by Gasteiger charge is 2.12. The summed E-state index contributed by atoms with van der Waals surface area (Å²) in [7, 11) is 0. The Morgan fingerprint density at radius 3 is 2.42 bits per heavy atom. The van der Waals surface area contributed by atoms with Crippen LogP contribution in [0.4, 0.5) is 0 Å². The molecule has 0 saturated carbocycles. The molecule has 1 atom stereocenters. The van der Waals surface area contributed by atoms with Gasteiger partial charge in [-0.1, -0.05) is 55.5 Å². The zero-order valence-electron chi connectivity index (χ0n) is 11.4. The second-order valence-corrected chi connectivity index (χ2v) is 4.68. The molecule has 2 aromatic carbocycles. The maximum Gasteiger partial charge on any atom is 0.124 e. The first-order valence-corrected chi connectivity index (χ1v) is 6.82. The highest BCUT2D eigenvalue weighted by molar-refractivity contribution is 5.36. The van der Waals surface area contributed by atoms with E-state index in [1.54, 1.807) is 0 Å². The first-order valence-electron chi connectivity index (χ1n) is 6.82. The van der Waals surface area contributed by atoms with Crippen molar-refractivity contribution in [3.05, 3.63) is 65.7 Å². The SMILES string of the molecule is CCCOc1ccccc1C(N)Cc1ccccc1. The molecule has 0 aliphatic heterocycles. The number of nitrogens with two attached hydrogens (primary N) is 1. The van der Waals surface area contributed by atoms with E-state index in [-0.39, 0.29) is 6.04 Å². The number of ether oxygens (including phenoxy) is 1. The third-order valence-corrected chi connectivity index (χ3v) is 3.08. The Kier molecular flexibility index (Phi) is 4.99. The third-order valence-electron chi connectivity index (χ3n) is 3.08. The highest BCUT2D eigenvalue weighted by Crippen LogP contribution is 2.26. The van der Waals surface area contributed by atoms with Crippen molar-refractivity contribution in [2.45, 2.75) is 25.8 Å². The Morgan fingerprint density at radius 2 is 1.68 bits per heavy atom. The molecule has 2 heteroatoms. The van der Waals surface area contributed by atoms with Crippen LogP contribution < -0.4 is 10.5 Å². The van der Waals surface area contributed by atoms with Crippen molar-refractivity contribution in [1.82, 2.24) is 0 Å². The topological polar surface area (TPSA) is 35.2 Å². The maximum absolute atomic E-state index is 6.32. The van der Waals surface area contributed by atoms with Crippen LogP contribution in [0.25, 0.3) is 0 Å². The van der Waals surface area contributed by atoms with Crippen molar-refractivity contribution in [1.29, 1.82) is 0 Å². The molecule has 19 heavy (non-hydrogen) atoms. The second kappa shape index (κ2) is 6.95. The molecule has 0 amide bonds. The summed E-state index contributed by atoms with van der Waals surface area (Å²) >= 11 is 0. The Hall–Kier alpha value is -1.80. The van der Waals surface area contributed by atoms with Crippen LogP contribution in [0.1, 0.15) is 30.5 Å². The van der Waals surface area contributed by atoms with Gasteiger partial charge in [-0.15, -0.1) is 0 Å². The number of para-hydroxylation sites is 1. The van der Waals surface area contributed by atoms with Crippen LogP contribution in [0.15, 0.2) is 54.6 Å². The van der Waals surface area contributed by atoms with Gasteiger partial charge in [-0.25, -0.2) is 0 Å². The van der Waals surface area contributed by atoms with E-state index < -0.39 is 0 Å². The summed E-state index contributed by atoms with van der Waals surface area (Å²) in [6.07, 6.45) is 1.83. The summed E-state index contributed by atoms with van der Waals surface area (Å²) in [6, 6.07) is 18.3. The molecule has 2 rings (SSSR count). The molecule has 0 saturated heterocycles. The van der Waals surface area contributed by atoms with Crippen molar-refractivity contribution in [2.24, 2.45) is 5.73 Å². The Balaban J connectivity index is 2.12. The molecule has 0 aromatic heterocycles. The molecule has 0 spiro atoms. The van der Waals surface area contributed by atoms with Crippen molar-refractivity contribution >= 4 is 0 Å². The molecular weight excluding hydrogens is 234 g/mol. The first kappa shape index (κ1) is 13.6. The largest absolute Gasteiger partial charge is 0.493 e. The maximum atomic E-state index is 6.32. The summed E-state index contributed by atoms with van der Waals surface area (Å²) < 4.78 is 5.77. The van der Waals surface area contributed by atoms with Gasteiger partial charge in [-0.05, 0) is 24.5 Å². The molecule has 2 nitrogen and oxygen atoms in total.